The summed E-state index contributed by atoms with van der Waals surface area (Å²) in [6.45, 7) is 2.52. The second-order valence-corrected chi connectivity index (χ2v) is 9.62. The van der Waals surface area contributed by atoms with Crippen LogP contribution in [0.5, 0.6) is 11.5 Å². The summed E-state index contributed by atoms with van der Waals surface area (Å²) in [6, 6.07) is 32.7. The van der Waals surface area contributed by atoms with Crippen LogP contribution in [0.15, 0.2) is 103 Å². The molecule has 6 nitrogen and oxygen atoms in total. The Morgan fingerprint density at radius 2 is 1.69 bits per heavy atom. The van der Waals surface area contributed by atoms with E-state index in [4.69, 9.17) is 14.2 Å². The molecule has 1 saturated heterocycles. The highest BCUT2D eigenvalue weighted by Crippen LogP contribution is 2.39. The van der Waals surface area contributed by atoms with Crippen molar-refractivity contribution in [2.75, 3.05) is 13.7 Å². The van der Waals surface area contributed by atoms with E-state index in [1.54, 1.807) is 7.11 Å². The van der Waals surface area contributed by atoms with Crippen molar-refractivity contribution >= 4 is 12.0 Å². The molecule has 4 aromatic rings. The first kappa shape index (κ1) is 26.0. The van der Waals surface area contributed by atoms with E-state index in [9.17, 15) is 9.59 Å². The van der Waals surface area contributed by atoms with Gasteiger partial charge in [-0.1, -0.05) is 96.6 Å². The summed E-state index contributed by atoms with van der Waals surface area (Å²) < 4.78 is 17.1. The van der Waals surface area contributed by atoms with Gasteiger partial charge in [-0.2, -0.15) is 0 Å². The third kappa shape index (κ3) is 5.96. The summed E-state index contributed by atoms with van der Waals surface area (Å²) in [4.78, 5) is 27.9. The molecule has 0 bridgehead atoms. The first-order chi connectivity index (χ1) is 19.0. The van der Waals surface area contributed by atoms with Gasteiger partial charge >= 0.3 is 6.09 Å². The zero-order chi connectivity index (χ0) is 27.2. The lowest BCUT2D eigenvalue weighted by Crippen LogP contribution is -2.35. The van der Waals surface area contributed by atoms with Crippen molar-refractivity contribution in [3.05, 3.63) is 131 Å². The third-order valence-electron chi connectivity index (χ3n) is 6.98. The number of nitrogens with zero attached hydrogens (tertiary/aromatic N) is 1. The molecule has 0 radical (unpaired) electrons. The molecular formula is C33H31NO5. The number of imide groups is 1. The van der Waals surface area contributed by atoms with Crippen LogP contribution in [0.4, 0.5) is 4.79 Å². The average molecular weight is 522 g/mol. The van der Waals surface area contributed by atoms with E-state index in [0.29, 0.717) is 18.1 Å². The number of amides is 2. The quantitative estimate of drug-likeness (QED) is 0.242. The number of aryl methyl sites for hydroxylation is 1. The summed E-state index contributed by atoms with van der Waals surface area (Å²) in [7, 11) is 1.61. The lowest BCUT2D eigenvalue weighted by molar-refractivity contribution is -0.129. The fraction of sp³-hybridized carbons (Fsp3) is 0.212. The van der Waals surface area contributed by atoms with Gasteiger partial charge in [-0.3, -0.25) is 4.79 Å². The minimum absolute atomic E-state index is 0.0654. The largest absolute Gasteiger partial charge is 0.497 e. The minimum Gasteiger partial charge on any atom is -0.497 e. The van der Waals surface area contributed by atoms with Crippen molar-refractivity contribution in [2.24, 2.45) is 0 Å². The maximum absolute atomic E-state index is 13.9. The molecule has 0 spiro atoms. The standard InChI is InChI=1S/C33H31NO5/c1-23-10-9-15-26(18-23)29(20-32(35)34-30(22-39-33(34)36)25-13-7-4-8-14-25)28-17-16-27(37-2)19-31(28)38-21-24-11-5-3-6-12-24/h3-19,29-30H,20-22H2,1-2H3/t29-,30?/m0/s1. The van der Waals surface area contributed by atoms with Crippen LogP contribution < -0.4 is 9.47 Å². The topological polar surface area (TPSA) is 65.1 Å². The van der Waals surface area contributed by atoms with E-state index >= 15 is 0 Å². The monoisotopic (exact) mass is 521 g/mol. The molecule has 1 fully saturated rings. The molecule has 39 heavy (non-hydrogen) atoms. The Morgan fingerprint density at radius 1 is 0.949 bits per heavy atom. The molecule has 2 atom stereocenters. The molecule has 1 aliphatic rings. The van der Waals surface area contributed by atoms with Crippen LogP contribution in [0.2, 0.25) is 0 Å². The highest BCUT2D eigenvalue weighted by atomic mass is 16.6. The summed E-state index contributed by atoms with van der Waals surface area (Å²) in [6.07, 6.45) is -0.553. The lowest BCUT2D eigenvalue weighted by atomic mass is 9.86. The summed E-state index contributed by atoms with van der Waals surface area (Å²) in [5.74, 6) is 0.617. The van der Waals surface area contributed by atoms with Crippen molar-refractivity contribution in [2.45, 2.75) is 31.9 Å². The summed E-state index contributed by atoms with van der Waals surface area (Å²) in [5, 5.41) is 0. The lowest BCUT2D eigenvalue weighted by Gasteiger charge is -2.25. The van der Waals surface area contributed by atoms with E-state index in [1.165, 1.54) is 4.90 Å². The maximum Gasteiger partial charge on any atom is 0.417 e. The van der Waals surface area contributed by atoms with Crippen LogP contribution in [0.25, 0.3) is 0 Å². The summed E-state index contributed by atoms with van der Waals surface area (Å²) >= 11 is 0. The molecular weight excluding hydrogens is 490 g/mol. The van der Waals surface area contributed by atoms with E-state index in [-0.39, 0.29) is 24.9 Å². The van der Waals surface area contributed by atoms with Gasteiger partial charge in [0.25, 0.3) is 0 Å². The molecule has 0 aromatic heterocycles. The zero-order valence-corrected chi connectivity index (χ0v) is 22.1. The molecule has 5 rings (SSSR count). The molecule has 1 heterocycles. The van der Waals surface area contributed by atoms with Crippen molar-refractivity contribution in [3.8, 4) is 11.5 Å². The van der Waals surface area contributed by atoms with Crippen LogP contribution >= 0.6 is 0 Å². The first-order valence-corrected chi connectivity index (χ1v) is 13.0. The molecule has 198 valence electrons. The van der Waals surface area contributed by atoms with Gasteiger partial charge in [0.15, 0.2) is 0 Å². The van der Waals surface area contributed by atoms with Crippen LogP contribution in [-0.4, -0.2) is 30.6 Å². The Labute approximate surface area is 228 Å². The smallest absolute Gasteiger partial charge is 0.417 e. The Bertz CT molecular complexity index is 1440. The number of benzene rings is 4. The Morgan fingerprint density at radius 3 is 2.41 bits per heavy atom. The molecule has 4 aromatic carbocycles. The highest BCUT2D eigenvalue weighted by molar-refractivity contribution is 5.94. The van der Waals surface area contributed by atoms with Gasteiger partial charge in [0.2, 0.25) is 5.91 Å². The minimum atomic E-state index is -0.618. The normalized spacial score (nSPS) is 15.5. The van der Waals surface area contributed by atoms with Gasteiger partial charge < -0.3 is 14.2 Å². The third-order valence-corrected chi connectivity index (χ3v) is 6.98. The van der Waals surface area contributed by atoms with Crippen LogP contribution in [0.3, 0.4) is 0 Å². The Kier molecular flexibility index (Phi) is 7.92. The number of carbonyl (C=O) groups excluding carboxylic acids is 2. The van der Waals surface area contributed by atoms with Gasteiger partial charge in [-0.05, 0) is 29.7 Å². The number of carbonyl (C=O) groups is 2. The van der Waals surface area contributed by atoms with E-state index in [2.05, 4.69) is 6.07 Å². The predicted octanol–water partition coefficient (Wildman–Crippen LogP) is 6.82. The number of rotatable bonds is 9. The van der Waals surface area contributed by atoms with Gasteiger partial charge in [0.05, 0.1) is 7.11 Å². The Balaban J connectivity index is 1.51. The molecule has 0 aliphatic carbocycles. The molecule has 0 saturated carbocycles. The second kappa shape index (κ2) is 11.9. The van der Waals surface area contributed by atoms with Gasteiger partial charge in [0, 0.05) is 24.0 Å². The van der Waals surface area contributed by atoms with Crippen molar-refractivity contribution in [1.82, 2.24) is 4.90 Å². The van der Waals surface area contributed by atoms with Crippen molar-refractivity contribution in [3.63, 3.8) is 0 Å². The number of ether oxygens (including phenoxy) is 3. The average Bonchev–Trinajstić information content (AvgIpc) is 3.37. The fourth-order valence-electron chi connectivity index (χ4n) is 4.97. The molecule has 0 N–H and O–H groups in total. The fourth-order valence-corrected chi connectivity index (χ4v) is 4.97. The second-order valence-electron chi connectivity index (χ2n) is 9.62. The van der Waals surface area contributed by atoms with Gasteiger partial charge in [-0.25, -0.2) is 9.69 Å². The zero-order valence-electron chi connectivity index (χ0n) is 22.1. The van der Waals surface area contributed by atoms with Crippen LogP contribution in [0.1, 0.15) is 46.2 Å². The number of cyclic esters (lactones) is 1. The van der Waals surface area contributed by atoms with Crippen LogP contribution in [0, 0.1) is 6.92 Å². The number of hydrogen-bond acceptors (Lipinski definition) is 5. The van der Waals surface area contributed by atoms with Crippen LogP contribution in [-0.2, 0) is 16.1 Å². The van der Waals surface area contributed by atoms with E-state index < -0.39 is 12.1 Å². The van der Waals surface area contributed by atoms with E-state index in [1.807, 2.05) is 104 Å². The summed E-state index contributed by atoms with van der Waals surface area (Å²) in [5.41, 5.74) is 4.77. The molecule has 1 unspecified atom stereocenters. The van der Waals surface area contributed by atoms with E-state index in [0.717, 1.165) is 27.8 Å². The van der Waals surface area contributed by atoms with Gasteiger partial charge in [0.1, 0.15) is 30.8 Å². The molecule has 2 amide bonds. The molecule has 6 heteroatoms. The highest BCUT2D eigenvalue weighted by Gasteiger charge is 2.40. The first-order valence-electron chi connectivity index (χ1n) is 13.0. The number of hydrogen-bond donors (Lipinski definition) is 0. The number of methoxy groups -OCH3 is 1. The predicted molar refractivity (Wildman–Crippen MR) is 149 cm³/mol. The maximum atomic E-state index is 13.9. The molecule has 1 aliphatic heterocycles. The Hall–Kier alpha value is -4.58. The van der Waals surface area contributed by atoms with Crippen molar-refractivity contribution in [1.29, 1.82) is 0 Å². The van der Waals surface area contributed by atoms with Crippen molar-refractivity contribution < 1.29 is 23.8 Å². The van der Waals surface area contributed by atoms with Gasteiger partial charge in [-0.15, -0.1) is 0 Å². The SMILES string of the molecule is COc1ccc([C@@H](CC(=O)N2C(=O)OCC2c2ccccc2)c2cccc(C)c2)c(OCc2ccccc2)c1.